The van der Waals surface area contributed by atoms with E-state index < -0.39 is 23.4 Å². The van der Waals surface area contributed by atoms with E-state index in [1.807, 2.05) is 0 Å². The summed E-state index contributed by atoms with van der Waals surface area (Å²) in [7, 11) is 0. The van der Waals surface area contributed by atoms with Gasteiger partial charge in [-0.2, -0.15) is 0 Å². The van der Waals surface area contributed by atoms with Crippen LogP contribution >= 0.6 is 11.6 Å². The number of rotatable bonds is 6. The first kappa shape index (κ1) is 17.2. The number of carbonyl (C=O) groups is 2. The highest BCUT2D eigenvalue weighted by Crippen LogP contribution is 2.17. The van der Waals surface area contributed by atoms with Crippen LogP contribution in [0.15, 0.2) is 18.2 Å². The minimum absolute atomic E-state index is 0.0308. The van der Waals surface area contributed by atoms with Crippen molar-refractivity contribution in [1.29, 1.82) is 0 Å². The summed E-state index contributed by atoms with van der Waals surface area (Å²) >= 11 is 5.64. The highest BCUT2D eigenvalue weighted by atomic mass is 35.5. The van der Waals surface area contributed by atoms with Crippen molar-refractivity contribution in [2.24, 2.45) is 0 Å². The van der Waals surface area contributed by atoms with Gasteiger partial charge in [0.05, 0.1) is 5.02 Å². The minimum atomic E-state index is -1.29. The fraction of sp³-hybridized carbons (Fsp3) is 0.429. The van der Waals surface area contributed by atoms with Crippen molar-refractivity contribution in [2.45, 2.75) is 38.8 Å². The van der Waals surface area contributed by atoms with Crippen molar-refractivity contribution >= 4 is 23.6 Å². The summed E-state index contributed by atoms with van der Waals surface area (Å²) in [6.45, 7) is 3.50. The Kier molecular flexibility index (Phi) is 5.96. The smallest absolute Gasteiger partial charge is 0.329 e. The number of nitrogens with one attached hydrogen (secondary N) is 2. The number of hydrogen-bond donors (Lipinski definition) is 3. The van der Waals surface area contributed by atoms with Crippen LogP contribution in [0.1, 0.15) is 32.3 Å². The maximum atomic E-state index is 13.0. The van der Waals surface area contributed by atoms with E-state index in [1.54, 1.807) is 13.8 Å². The van der Waals surface area contributed by atoms with Gasteiger partial charge >= 0.3 is 12.0 Å². The van der Waals surface area contributed by atoms with Crippen LogP contribution in [-0.2, 0) is 11.3 Å². The molecule has 0 radical (unpaired) electrons. The SMILES string of the molecule is CCC(CC)(NC(=O)NCc1ccc(F)c(Cl)c1)C(=O)O. The quantitative estimate of drug-likeness (QED) is 0.755. The van der Waals surface area contributed by atoms with E-state index in [0.29, 0.717) is 5.56 Å². The van der Waals surface area contributed by atoms with Crippen molar-refractivity contribution in [3.05, 3.63) is 34.6 Å². The van der Waals surface area contributed by atoms with Crippen LogP contribution in [0.5, 0.6) is 0 Å². The Morgan fingerprint density at radius 2 is 1.95 bits per heavy atom. The van der Waals surface area contributed by atoms with Crippen LogP contribution in [0.25, 0.3) is 0 Å². The molecule has 0 aromatic heterocycles. The van der Waals surface area contributed by atoms with Crippen molar-refractivity contribution in [1.82, 2.24) is 10.6 Å². The molecule has 0 spiro atoms. The van der Waals surface area contributed by atoms with Gasteiger partial charge in [-0.25, -0.2) is 14.0 Å². The number of urea groups is 1. The Bertz CT molecular complexity index is 533. The Balaban J connectivity index is 2.65. The lowest BCUT2D eigenvalue weighted by Gasteiger charge is -2.28. The fourth-order valence-corrected chi connectivity index (χ4v) is 2.08. The largest absolute Gasteiger partial charge is 0.480 e. The Morgan fingerprint density at radius 1 is 1.33 bits per heavy atom. The van der Waals surface area contributed by atoms with E-state index in [1.165, 1.54) is 18.2 Å². The molecule has 0 atom stereocenters. The normalized spacial score (nSPS) is 11.0. The number of carbonyl (C=O) groups excluding carboxylic acids is 1. The average molecular weight is 317 g/mol. The second-order valence-corrected chi connectivity index (χ2v) is 5.06. The first-order valence-electron chi connectivity index (χ1n) is 6.58. The molecule has 1 aromatic rings. The van der Waals surface area contributed by atoms with Gasteiger partial charge in [-0.15, -0.1) is 0 Å². The van der Waals surface area contributed by atoms with Crippen LogP contribution in [0.4, 0.5) is 9.18 Å². The maximum Gasteiger partial charge on any atom is 0.329 e. The molecule has 0 aliphatic carbocycles. The van der Waals surface area contributed by atoms with Gasteiger partial charge in [0, 0.05) is 6.54 Å². The first-order chi connectivity index (χ1) is 9.84. The van der Waals surface area contributed by atoms with E-state index >= 15 is 0 Å². The first-order valence-corrected chi connectivity index (χ1v) is 6.95. The summed E-state index contributed by atoms with van der Waals surface area (Å²) in [6.07, 6.45) is 0.545. The minimum Gasteiger partial charge on any atom is -0.480 e. The molecule has 0 aliphatic heterocycles. The number of benzene rings is 1. The van der Waals surface area contributed by atoms with Gasteiger partial charge in [-0.3, -0.25) is 0 Å². The standard InChI is InChI=1S/C14H18ClFN2O3/c1-3-14(4-2,12(19)20)18-13(21)17-8-9-5-6-11(16)10(15)7-9/h5-7H,3-4,8H2,1-2H3,(H,19,20)(H2,17,18,21). The summed E-state index contributed by atoms with van der Waals surface area (Å²) in [6, 6.07) is 3.51. The number of halogens is 2. The van der Waals surface area contributed by atoms with Crippen molar-refractivity contribution < 1.29 is 19.1 Å². The number of carboxylic acid groups (broad SMARTS) is 1. The van der Waals surface area contributed by atoms with Gasteiger partial charge in [0.2, 0.25) is 0 Å². The van der Waals surface area contributed by atoms with Crippen LogP contribution in [0.2, 0.25) is 5.02 Å². The molecule has 2 amide bonds. The molecular weight excluding hydrogens is 299 g/mol. The van der Waals surface area contributed by atoms with Gasteiger partial charge in [-0.1, -0.05) is 31.5 Å². The fourth-order valence-electron chi connectivity index (χ4n) is 1.88. The van der Waals surface area contributed by atoms with Gasteiger partial charge in [0.1, 0.15) is 11.4 Å². The van der Waals surface area contributed by atoms with E-state index in [9.17, 15) is 19.1 Å². The molecule has 0 unspecified atom stereocenters. The van der Waals surface area contributed by atoms with Crippen LogP contribution in [0, 0.1) is 5.82 Å². The number of aliphatic carboxylic acids is 1. The highest BCUT2D eigenvalue weighted by molar-refractivity contribution is 6.30. The Morgan fingerprint density at radius 3 is 2.43 bits per heavy atom. The predicted molar refractivity (Wildman–Crippen MR) is 77.7 cm³/mol. The van der Waals surface area contributed by atoms with Crippen LogP contribution in [-0.4, -0.2) is 22.6 Å². The number of amides is 2. The third-order valence-electron chi connectivity index (χ3n) is 3.41. The van der Waals surface area contributed by atoms with Crippen molar-refractivity contribution in [2.75, 3.05) is 0 Å². The highest BCUT2D eigenvalue weighted by Gasteiger charge is 2.36. The lowest BCUT2D eigenvalue weighted by molar-refractivity contribution is -0.144. The maximum absolute atomic E-state index is 13.0. The molecule has 7 heteroatoms. The van der Waals surface area contributed by atoms with Crippen LogP contribution < -0.4 is 10.6 Å². The van der Waals surface area contributed by atoms with Gasteiger partial charge in [0.25, 0.3) is 0 Å². The molecule has 0 saturated heterocycles. The second-order valence-electron chi connectivity index (χ2n) is 4.65. The molecule has 0 aliphatic rings. The Hall–Kier alpha value is -1.82. The zero-order valence-electron chi connectivity index (χ0n) is 11.9. The molecule has 0 bridgehead atoms. The molecule has 1 rings (SSSR count). The molecular formula is C14H18ClFN2O3. The molecule has 0 saturated carbocycles. The third-order valence-corrected chi connectivity index (χ3v) is 3.70. The van der Waals surface area contributed by atoms with Crippen LogP contribution in [0.3, 0.4) is 0 Å². The molecule has 5 nitrogen and oxygen atoms in total. The van der Waals surface area contributed by atoms with Crippen molar-refractivity contribution in [3.63, 3.8) is 0 Å². The molecule has 21 heavy (non-hydrogen) atoms. The summed E-state index contributed by atoms with van der Waals surface area (Å²) in [5, 5.41) is 14.2. The molecule has 0 fully saturated rings. The van der Waals surface area contributed by atoms with Crippen molar-refractivity contribution in [3.8, 4) is 0 Å². The van der Waals surface area contributed by atoms with E-state index in [-0.39, 0.29) is 24.4 Å². The van der Waals surface area contributed by atoms with Gasteiger partial charge in [0.15, 0.2) is 0 Å². The van der Waals surface area contributed by atoms with E-state index in [4.69, 9.17) is 11.6 Å². The number of carboxylic acids is 1. The molecule has 1 aromatic carbocycles. The zero-order valence-corrected chi connectivity index (χ0v) is 12.6. The van der Waals surface area contributed by atoms with Gasteiger partial charge < -0.3 is 15.7 Å². The summed E-state index contributed by atoms with van der Waals surface area (Å²) < 4.78 is 13.0. The lowest BCUT2D eigenvalue weighted by Crippen LogP contribution is -2.56. The number of hydrogen-bond acceptors (Lipinski definition) is 2. The zero-order chi connectivity index (χ0) is 16.0. The summed E-state index contributed by atoms with van der Waals surface area (Å²) in [5.74, 6) is -1.61. The predicted octanol–water partition coefficient (Wildman–Crippen LogP) is 2.92. The summed E-state index contributed by atoms with van der Waals surface area (Å²) in [4.78, 5) is 23.1. The van der Waals surface area contributed by atoms with Gasteiger partial charge in [-0.05, 0) is 30.5 Å². The van der Waals surface area contributed by atoms with E-state index in [0.717, 1.165) is 0 Å². The monoisotopic (exact) mass is 316 g/mol. The second kappa shape index (κ2) is 7.26. The molecule has 0 heterocycles. The lowest BCUT2D eigenvalue weighted by atomic mass is 9.93. The Labute approximate surface area is 127 Å². The topological polar surface area (TPSA) is 78.4 Å². The molecule has 3 N–H and O–H groups in total. The average Bonchev–Trinajstić information content (AvgIpc) is 2.45. The molecule has 116 valence electrons. The summed E-state index contributed by atoms with van der Waals surface area (Å²) in [5.41, 5.74) is -0.671. The van der Waals surface area contributed by atoms with E-state index in [2.05, 4.69) is 10.6 Å². The third kappa shape index (κ3) is 4.32.